The van der Waals surface area contributed by atoms with E-state index >= 15 is 0 Å². The third-order valence-electron chi connectivity index (χ3n) is 4.42. The van der Waals surface area contributed by atoms with Gasteiger partial charge in [-0.15, -0.1) is 0 Å². The molecule has 128 valence electrons. The summed E-state index contributed by atoms with van der Waals surface area (Å²) < 4.78 is 40.7. The van der Waals surface area contributed by atoms with Gasteiger partial charge in [0.15, 0.2) is 0 Å². The number of para-hydroxylation sites is 1. The second kappa shape index (κ2) is 6.91. The molecule has 0 saturated carbocycles. The molecule has 0 spiro atoms. The largest absolute Gasteiger partial charge is 0.367 e. The number of anilines is 1. The van der Waals surface area contributed by atoms with Gasteiger partial charge in [0.25, 0.3) is 0 Å². The zero-order chi connectivity index (χ0) is 17.2. The van der Waals surface area contributed by atoms with Crippen molar-refractivity contribution in [2.24, 2.45) is 0 Å². The van der Waals surface area contributed by atoms with Crippen molar-refractivity contribution in [3.05, 3.63) is 65.5 Å². The van der Waals surface area contributed by atoms with Gasteiger partial charge in [-0.1, -0.05) is 36.4 Å². The van der Waals surface area contributed by atoms with Crippen molar-refractivity contribution in [3.8, 4) is 0 Å². The van der Waals surface area contributed by atoms with Crippen LogP contribution in [0.1, 0.15) is 11.1 Å². The summed E-state index contributed by atoms with van der Waals surface area (Å²) >= 11 is 0. The van der Waals surface area contributed by atoms with Gasteiger partial charge in [-0.05, 0) is 30.2 Å². The first-order valence-corrected chi connectivity index (χ1v) is 9.60. The van der Waals surface area contributed by atoms with E-state index in [4.69, 9.17) is 0 Å². The van der Waals surface area contributed by atoms with Crippen LogP contribution >= 0.6 is 0 Å². The molecule has 2 aromatic carbocycles. The summed E-state index contributed by atoms with van der Waals surface area (Å²) in [7, 11) is -3.36. The first-order chi connectivity index (χ1) is 11.5. The van der Waals surface area contributed by atoms with E-state index in [9.17, 15) is 12.8 Å². The van der Waals surface area contributed by atoms with Crippen LogP contribution in [-0.2, 0) is 15.8 Å². The Morgan fingerprint density at radius 3 is 2.25 bits per heavy atom. The minimum Gasteiger partial charge on any atom is -0.367 e. The lowest BCUT2D eigenvalue weighted by Crippen LogP contribution is -2.49. The molecule has 0 bridgehead atoms. The summed E-state index contributed by atoms with van der Waals surface area (Å²) in [5, 5.41) is 0. The molecule has 24 heavy (non-hydrogen) atoms. The van der Waals surface area contributed by atoms with Crippen LogP contribution in [0.2, 0.25) is 0 Å². The normalized spacial score (nSPS) is 16.3. The van der Waals surface area contributed by atoms with Crippen molar-refractivity contribution in [3.63, 3.8) is 0 Å². The Kier molecular flexibility index (Phi) is 4.87. The molecule has 1 aliphatic heterocycles. The van der Waals surface area contributed by atoms with E-state index in [-0.39, 0.29) is 11.6 Å². The molecule has 0 aliphatic carbocycles. The van der Waals surface area contributed by atoms with Crippen molar-refractivity contribution in [2.75, 3.05) is 31.1 Å². The fourth-order valence-electron chi connectivity index (χ4n) is 2.98. The Hall–Kier alpha value is -1.92. The Labute approximate surface area is 142 Å². The van der Waals surface area contributed by atoms with Crippen LogP contribution < -0.4 is 4.90 Å². The number of piperazine rings is 1. The minimum atomic E-state index is -3.36. The maximum absolute atomic E-state index is 13.9. The van der Waals surface area contributed by atoms with Gasteiger partial charge in [-0.25, -0.2) is 12.8 Å². The molecule has 0 N–H and O–H groups in total. The lowest BCUT2D eigenvalue weighted by Gasteiger charge is -2.35. The zero-order valence-corrected chi connectivity index (χ0v) is 14.5. The van der Waals surface area contributed by atoms with Gasteiger partial charge in [0.05, 0.1) is 11.4 Å². The standard InChI is InChI=1S/C18H21FN2O2S/c1-15-6-2-3-7-16(15)14-24(22,23)21-12-10-20(11-13-21)18-9-5-4-8-17(18)19/h2-9H,10-14H2,1H3. The fourth-order valence-corrected chi connectivity index (χ4v) is 4.59. The zero-order valence-electron chi connectivity index (χ0n) is 13.7. The third-order valence-corrected chi connectivity index (χ3v) is 6.25. The Morgan fingerprint density at radius 1 is 0.958 bits per heavy atom. The van der Waals surface area contributed by atoms with Crippen LogP contribution in [0.25, 0.3) is 0 Å². The van der Waals surface area contributed by atoms with Gasteiger partial charge in [0.1, 0.15) is 5.82 Å². The Morgan fingerprint density at radius 2 is 1.58 bits per heavy atom. The van der Waals surface area contributed by atoms with Gasteiger partial charge in [-0.2, -0.15) is 4.31 Å². The summed E-state index contributed by atoms with van der Waals surface area (Å²) in [6.07, 6.45) is 0. The lowest BCUT2D eigenvalue weighted by atomic mass is 10.1. The lowest BCUT2D eigenvalue weighted by molar-refractivity contribution is 0.382. The number of aryl methyl sites for hydroxylation is 1. The van der Waals surface area contributed by atoms with E-state index < -0.39 is 10.0 Å². The fraction of sp³-hybridized carbons (Fsp3) is 0.333. The average Bonchev–Trinajstić information content (AvgIpc) is 2.57. The SMILES string of the molecule is Cc1ccccc1CS(=O)(=O)N1CCN(c2ccccc2F)CC1. The van der Waals surface area contributed by atoms with Gasteiger partial charge < -0.3 is 4.90 Å². The van der Waals surface area contributed by atoms with E-state index in [1.807, 2.05) is 36.1 Å². The minimum absolute atomic E-state index is 0.0133. The molecule has 1 heterocycles. The van der Waals surface area contributed by atoms with Crippen LogP contribution in [-0.4, -0.2) is 38.9 Å². The number of halogens is 1. The van der Waals surface area contributed by atoms with E-state index in [1.165, 1.54) is 10.4 Å². The molecular formula is C18H21FN2O2S. The number of hydrogen-bond acceptors (Lipinski definition) is 3. The average molecular weight is 348 g/mol. The molecule has 2 aromatic rings. The highest BCUT2D eigenvalue weighted by Crippen LogP contribution is 2.22. The molecular weight excluding hydrogens is 327 g/mol. The van der Waals surface area contributed by atoms with Gasteiger partial charge in [0.2, 0.25) is 10.0 Å². The molecule has 1 aliphatic rings. The summed E-state index contributed by atoms with van der Waals surface area (Å²) in [5.41, 5.74) is 2.34. The number of benzene rings is 2. The van der Waals surface area contributed by atoms with Crippen LogP contribution in [0.5, 0.6) is 0 Å². The van der Waals surface area contributed by atoms with Gasteiger partial charge in [-0.3, -0.25) is 0 Å². The highest BCUT2D eigenvalue weighted by molar-refractivity contribution is 7.88. The third kappa shape index (κ3) is 3.60. The van der Waals surface area contributed by atoms with E-state index in [1.54, 1.807) is 18.2 Å². The van der Waals surface area contributed by atoms with Gasteiger partial charge in [0, 0.05) is 26.2 Å². The summed E-state index contributed by atoms with van der Waals surface area (Å²) in [5.74, 6) is -0.256. The molecule has 0 amide bonds. The molecule has 0 unspecified atom stereocenters. The maximum Gasteiger partial charge on any atom is 0.218 e. The number of rotatable bonds is 4. The topological polar surface area (TPSA) is 40.6 Å². The van der Waals surface area contributed by atoms with Crippen molar-refractivity contribution in [2.45, 2.75) is 12.7 Å². The van der Waals surface area contributed by atoms with E-state index in [0.29, 0.717) is 31.9 Å². The van der Waals surface area contributed by atoms with Crippen molar-refractivity contribution < 1.29 is 12.8 Å². The predicted molar refractivity (Wildman–Crippen MR) is 94.0 cm³/mol. The van der Waals surface area contributed by atoms with Crippen molar-refractivity contribution >= 4 is 15.7 Å². The Bertz CT molecular complexity index is 815. The monoisotopic (exact) mass is 348 g/mol. The quantitative estimate of drug-likeness (QED) is 0.853. The molecule has 0 atom stereocenters. The highest BCUT2D eigenvalue weighted by atomic mass is 32.2. The molecule has 3 rings (SSSR count). The number of sulfonamides is 1. The van der Waals surface area contributed by atoms with Crippen molar-refractivity contribution in [1.29, 1.82) is 0 Å². The van der Waals surface area contributed by atoms with Gasteiger partial charge >= 0.3 is 0 Å². The van der Waals surface area contributed by atoms with Crippen molar-refractivity contribution in [1.82, 2.24) is 4.31 Å². The van der Waals surface area contributed by atoms with Crippen LogP contribution in [0.3, 0.4) is 0 Å². The maximum atomic E-state index is 13.9. The molecule has 0 aromatic heterocycles. The first kappa shape index (κ1) is 16.9. The second-order valence-corrected chi connectivity index (χ2v) is 7.99. The summed E-state index contributed by atoms with van der Waals surface area (Å²) in [6.45, 7) is 3.66. The van der Waals surface area contributed by atoms with E-state index in [2.05, 4.69) is 0 Å². The van der Waals surface area contributed by atoms with Crippen LogP contribution in [0.4, 0.5) is 10.1 Å². The highest BCUT2D eigenvalue weighted by Gasteiger charge is 2.28. The second-order valence-electron chi connectivity index (χ2n) is 6.02. The molecule has 6 heteroatoms. The summed E-state index contributed by atoms with van der Waals surface area (Å²) in [6, 6.07) is 14.1. The van der Waals surface area contributed by atoms with Crippen LogP contribution in [0, 0.1) is 12.7 Å². The smallest absolute Gasteiger partial charge is 0.218 e. The predicted octanol–water partition coefficient (Wildman–Crippen LogP) is 2.79. The number of nitrogens with zero attached hydrogens (tertiary/aromatic N) is 2. The number of hydrogen-bond donors (Lipinski definition) is 0. The van der Waals surface area contributed by atoms with Crippen LogP contribution in [0.15, 0.2) is 48.5 Å². The molecule has 4 nitrogen and oxygen atoms in total. The summed E-state index contributed by atoms with van der Waals surface area (Å²) in [4.78, 5) is 1.90. The Balaban J connectivity index is 1.68. The first-order valence-electron chi connectivity index (χ1n) is 7.99. The molecule has 0 radical (unpaired) electrons. The molecule has 1 fully saturated rings. The molecule has 1 saturated heterocycles. The van der Waals surface area contributed by atoms with E-state index in [0.717, 1.165) is 11.1 Å².